The first-order valence-electron chi connectivity index (χ1n) is 11.4. The predicted molar refractivity (Wildman–Crippen MR) is 142 cm³/mol. The minimum absolute atomic E-state index is 0.0935. The lowest BCUT2D eigenvalue weighted by atomic mass is 10.2. The molecule has 0 radical (unpaired) electrons. The number of aryl methyl sites for hydroxylation is 2. The summed E-state index contributed by atoms with van der Waals surface area (Å²) in [5.41, 5.74) is 2.19. The molecular weight excluding hydrogens is 516 g/mol. The molecule has 0 saturated carbocycles. The van der Waals surface area contributed by atoms with Crippen LogP contribution in [0.4, 0.5) is 16.5 Å². The van der Waals surface area contributed by atoms with Crippen molar-refractivity contribution < 1.29 is 23.9 Å². The molecule has 1 aliphatic rings. The van der Waals surface area contributed by atoms with E-state index in [-0.39, 0.29) is 22.3 Å². The second-order valence-electron chi connectivity index (χ2n) is 8.13. The van der Waals surface area contributed by atoms with Crippen molar-refractivity contribution in [2.24, 2.45) is 0 Å². The Morgan fingerprint density at radius 1 is 1.00 bits per heavy atom. The van der Waals surface area contributed by atoms with E-state index in [0.29, 0.717) is 35.0 Å². The van der Waals surface area contributed by atoms with Gasteiger partial charge in [0.1, 0.15) is 10.7 Å². The molecular formula is C26H23ClN4O5S. The minimum Gasteiger partial charge on any atom is -0.462 e. The molecule has 2 aromatic carbocycles. The van der Waals surface area contributed by atoms with Crippen LogP contribution in [0.5, 0.6) is 0 Å². The molecule has 190 valence electrons. The maximum atomic E-state index is 13.0. The molecule has 1 aromatic heterocycles. The Balaban J connectivity index is 1.44. The molecule has 0 spiro atoms. The van der Waals surface area contributed by atoms with Gasteiger partial charge in [-0.3, -0.25) is 19.7 Å². The molecule has 0 aliphatic carbocycles. The van der Waals surface area contributed by atoms with Crippen molar-refractivity contribution in [1.82, 2.24) is 4.98 Å². The maximum absolute atomic E-state index is 13.0. The van der Waals surface area contributed by atoms with Crippen molar-refractivity contribution in [3.05, 3.63) is 81.0 Å². The lowest BCUT2D eigenvalue weighted by Gasteiger charge is -2.15. The van der Waals surface area contributed by atoms with E-state index in [0.717, 1.165) is 15.5 Å². The summed E-state index contributed by atoms with van der Waals surface area (Å²) in [4.78, 5) is 56.6. The van der Waals surface area contributed by atoms with E-state index in [9.17, 15) is 19.2 Å². The maximum Gasteiger partial charge on any atom is 0.338 e. The summed E-state index contributed by atoms with van der Waals surface area (Å²) in [6.45, 7) is 5.99. The summed E-state index contributed by atoms with van der Waals surface area (Å²) in [6, 6.07) is 12.3. The highest BCUT2D eigenvalue weighted by molar-refractivity contribution is 7.15. The average Bonchev–Trinajstić information content (AvgIpc) is 3.31. The third-order valence-electron chi connectivity index (χ3n) is 5.49. The Hall–Kier alpha value is -4.02. The van der Waals surface area contributed by atoms with Gasteiger partial charge in [-0.2, -0.15) is 0 Å². The number of nitrogens with zero attached hydrogens (tertiary/aromatic N) is 2. The Morgan fingerprint density at radius 2 is 1.65 bits per heavy atom. The topological polar surface area (TPSA) is 118 Å². The number of benzene rings is 2. The number of hydrogen-bond acceptors (Lipinski definition) is 8. The number of anilines is 3. The number of nitrogens with one attached hydrogen (secondary N) is 2. The molecule has 1 aliphatic heterocycles. The van der Waals surface area contributed by atoms with E-state index in [1.54, 1.807) is 24.3 Å². The van der Waals surface area contributed by atoms with Crippen LogP contribution in [0.3, 0.4) is 0 Å². The first-order chi connectivity index (χ1) is 17.7. The number of hydrogen-bond donors (Lipinski definition) is 2. The zero-order chi connectivity index (χ0) is 26.7. The van der Waals surface area contributed by atoms with Gasteiger partial charge in [0.15, 0.2) is 5.13 Å². The van der Waals surface area contributed by atoms with Crippen LogP contribution in [0, 0.1) is 13.8 Å². The normalized spacial score (nSPS) is 13.2. The Morgan fingerprint density at radius 3 is 2.24 bits per heavy atom. The first kappa shape index (κ1) is 26.1. The predicted octanol–water partition coefficient (Wildman–Crippen LogP) is 5.01. The zero-order valence-corrected chi connectivity index (χ0v) is 21.8. The first-order valence-corrected chi connectivity index (χ1v) is 12.6. The average molecular weight is 539 g/mol. The summed E-state index contributed by atoms with van der Waals surface area (Å²) >= 11 is 7.60. The summed E-state index contributed by atoms with van der Waals surface area (Å²) in [7, 11) is 0. The number of esters is 1. The number of aromatic nitrogens is 1. The Kier molecular flexibility index (Phi) is 7.70. The van der Waals surface area contributed by atoms with Gasteiger partial charge in [0, 0.05) is 16.1 Å². The second kappa shape index (κ2) is 10.9. The van der Waals surface area contributed by atoms with E-state index >= 15 is 0 Å². The fourth-order valence-electron chi connectivity index (χ4n) is 3.42. The van der Waals surface area contributed by atoms with Crippen molar-refractivity contribution in [2.45, 2.75) is 27.2 Å². The van der Waals surface area contributed by atoms with Gasteiger partial charge in [0.2, 0.25) is 0 Å². The molecule has 3 aromatic rings. The molecule has 3 amide bonds. The van der Waals surface area contributed by atoms with Crippen LogP contribution in [0.1, 0.15) is 44.6 Å². The van der Waals surface area contributed by atoms with Gasteiger partial charge in [0.05, 0.1) is 23.6 Å². The molecule has 0 fully saturated rings. The fourth-order valence-corrected chi connectivity index (χ4v) is 4.44. The van der Waals surface area contributed by atoms with Crippen LogP contribution < -0.4 is 15.5 Å². The van der Waals surface area contributed by atoms with Gasteiger partial charge in [0.25, 0.3) is 17.7 Å². The number of thiazole rings is 1. The standard InChI is InChI=1S/C26H23ClN4O5S/c1-4-13-36-25(35)17-7-11-19(12-8-17)31-23(33)20(27)21(24(31)34)29-18-9-5-16(6-10-18)22(32)30-26-28-14(2)15(3)37-26/h5-12,29H,4,13H2,1-3H3,(H,28,30,32). The smallest absolute Gasteiger partial charge is 0.338 e. The van der Waals surface area contributed by atoms with Gasteiger partial charge in [-0.25, -0.2) is 14.7 Å². The van der Waals surface area contributed by atoms with E-state index < -0.39 is 17.8 Å². The zero-order valence-electron chi connectivity index (χ0n) is 20.3. The summed E-state index contributed by atoms with van der Waals surface area (Å²) < 4.78 is 5.09. The number of carbonyl (C=O) groups is 4. The minimum atomic E-state index is -0.694. The number of rotatable bonds is 8. The summed E-state index contributed by atoms with van der Waals surface area (Å²) in [5, 5.41) is 5.87. The highest BCUT2D eigenvalue weighted by Crippen LogP contribution is 2.30. The van der Waals surface area contributed by atoms with Crippen molar-refractivity contribution in [2.75, 3.05) is 22.1 Å². The van der Waals surface area contributed by atoms with E-state index in [4.69, 9.17) is 16.3 Å². The van der Waals surface area contributed by atoms with Crippen LogP contribution in [0.25, 0.3) is 0 Å². The number of halogens is 1. The Bertz CT molecular complexity index is 1390. The van der Waals surface area contributed by atoms with Gasteiger partial charge in [-0.15, -0.1) is 11.3 Å². The van der Waals surface area contributed by atoms with Gasteiger partial charge >= 0.3 is 5.97 Å². The largest absolute Gasteiger partial charge is 0.462 e. The number of ether oxygens (including phenoxy) is 1. The van der Waals surface area contributed by atoms with Crippen LogP contribution >= 0.6 is 22.9 Å². The highest BCUT2D eigenvalue weighted by atomic mass is 35.5. The highest BCUT2D eigenvalue weighted by Gasteiger charge is 2.39. The number of amides is 3. The molecule has 0 bridgehead atoms. The lowest BCUT2D eigenvalue weighted by molar-refractivity contribution is -0.120. The molecule has 2 heterocycles. The van der Waals surface area contributed by atoms with Crippen LogP contribution in [0.2, 0.25) is 0 Å². The molecule has 0 unspecified atom stereocenters. The fraction of sp³-hybridized carbons (Fsp3) is 0.192. The molecule has 37 heavy (non-hydrogen) atoms. The number of imide groups is 1. The van der Waals surface area contributed by atoms with E-state index in [2.05, 4.69) is 15.6 Å². The van der Waals surface area contributed by atoms with Crippen LogP contribution in [0.15, 0.2) is 59.3 Å². The molecule has 0 saturated heterocycles. The monoisotopic (exact) mass is 538 g/mol. The summed E-state index contributed by atoms with van der Waals surface area (Å²) in [6.07, 6.45) is 0.697. The molecule has 9 nitrogen and oxygen atoms in total. The molecule has 11 heteroatoms. The second-order valence-corrected chi connectivity index (χ2v) is 9.72. The van der Waals surface area contributed by atoms with E-state index in [1.807, 2.05) is 20.8 Å². The molecule has 2 N–H and O–H groups in total. The van der Waals surface area contributed by atoms with Gasteiger partial charge in [-0.05, 0) is 68.8 Å². The SMILES string of the molecule is CCCOC(=O)c1ccc(N2C(=O)C(Cl)=C(Nc3ccc(C(=O)Nc4nc(C)c(C)s4)cc3)C2=O)cc1. The third-order valence-corrected chi connectivity index (χ3v) is 6.83. The Labute approximate surface area is 222 Å². The number of carbonyl (C=O) groups excluding carboxylic acids is 4. The third kappa shape index (κ3) is 5.55. The summed E-state index contributed by atoms with van der Waals surface area (Å²) in [5.74, 6) is -2.15. The van der Waals surface area contributed by atoms with Crippen molar-refractivity contribution in [3.63, 3.8) is 0 Å². The van der Waals surface area contributed by atoms with Crippen LogP contribution in [-0.2, 0) is 14.3 Å². The van der Waals surface area contributed by atoms with Crippen molar-refractivity contribution in [3.8, 4) is 0 Å². The van der Waals surface area contributed by atoms with Gasteiger partial charge in [-0.1, -0.05) is 18.5 Å². The van der Waals surface area contributed by atoms with Crippen molar-refractivity contribution >= 4 is 63.1 Å². The van der Waals surface area contributed by atoms with Crippen molar-refractivity contribution in [1.29, 1.82) is 0 Å². The van der Waals surface area contributed by atoms with E-state index in [1.165, 1.54) is 35.6 Å². The quantitative estimate of drug-likeness (QED) is 0.305. The van der Waals surface area contributed by atoms with Gasteiger partial charge < -0.3 is 10.1 Å². The molecule has 0 atom stereocenters. The van der Waals surface area contributed by atoms with Crippen LogP contribution in [-0.4, -0.2) is 35.3 Å². The molecule has 4 rings (SSSR count). The lowest BCUT2D eigenvalue weighted by Crippen LogP contribution is -2.32.